The van der Waals surface area contributed by atoms with E-state index < -0.39 is 0 Å². The van der Waals surface area contributed by atoms with Gasteiger partial charge >= 0.3 is 0 Å². The van der Waals surface area contributed by atoms with Gasteiger partial charge in [-0.05, 0) is 29.3 Å². The standard InChI is InChI=1S/C16H13ClN2/c1-12(14-5-3-2-4-6-14)11-19-16-8-7-13(10-18)9-15(16)17/h2-9,19H,1,11H2. The van der Waals surface area contributed by atoms with Crippen LogP contribution in [0.2, 0.25) is 5.02 Å². The van der Waals surface area contributed by atoms with Crippen LogP contribution in [0.3, 0.4) is 0 Å². The van der Waals surface area contributed by atoms with Gasteiger partial charge in [-0.3, -0.25) is 0 Å². The van der Waals surface area contributed by atoms with Gasteiger partial charge in [0.2, 0.25) is 0 Å². The summed E-state index contributed by atoms with van der Waals surface area (Å²) in [6, 6.07) is 17.2. The minimum atomic E-state index is 0.542. The van der Waals surface area contributed by atoms with Gasteiger partial charge in [-0.1, -0.05) is 48.5 Å². The van der Waals surface area contributed by atoms with E-state index in [1.54, 1.807) is 18.2 Å². The number of nitriles is 1. The van der Waals surface area contributed by atoms with Crippen LogP contribution in [-0.4, -0.2) is 6.54 Å². The number of rotatable bonds is 4. The van der Waals surface area contributed by atoms with Crippen molar-refractivity contribution in [2.75, 3.05) is 11.9 Å². The molecule has 0 bridgehead atoms. The smallest absolute Gasteiger partial charge is 0.0992 e. The van der Waals surface area contributed by atoms with Crippen molar-refractivity contribution < 1.29 is 0 Å². The van der Waals surface area contributed by atoms with Crippen LogP contribution in [-0.2, 0) is 0 Å². The first-order valence-electron chi connectivity index (χ1n) is 5.87. The maximum absolute atomic E-state index is 8.78. The van der Waals surface area contributed by atoms with Gasteiger partial charge < -0.3 is 5.32 Å². The number of hydrogen-bond acceptors (Lipinski definition) is 2. The second kappa shape index (κ2) is 6.08. The number of anilines is 1. The molecule has 0 aliphatic carbocycles. The molecule has 0 aliphatic rings. The molecule has 94 valence electrons. The molecule has 0 spiro atoms. The molecular weight excluding hydrogens is 256 g/mol. The summed E-state index contributed by atoms with van der Waals surface area (Å²) >= 11 is 6.09. The molecule has 0 unspecified atom stereocenters. The van der Waals surface area contributed by atoms with Crippen molar-refractivity contribution in [1.82, 2.24) is 0 Å². The van der Waals surface area contributed by atoms with Crippen LogP contribution < -0.4 is 5.32 Å². The lowest BCUT2D eigenvalue weighted by molar-refractivity contribution is 1.34. The van der Waals surface area contributed by atoms with Crippen molar-refractivity contribution in [2.45, 2.75) is 0 Å². The zero-order chi connectivity index (χ0) is 13.7. The average molecular weight is 269 g/mol. The summed E-state index contributed by atoms with van der Waals surface area (Å²) in [6.45, 7) is 4.65. The van der Waals surface area contributed by atoms with Crippen molar-refractivity contribution in [3.05, 3.63) is 71.3 Å². The highest BCUT2D eigenvalue weighted by atomic mass is 35.5. The highest BCUT2D eigenvalue weighted by Crippen LogP contribution is 2.23. The fourth-order valence-corrected chi connectivity index (χ4v) is 1.95. The molecule has 1 N–H and O–H groups in total. The van der Waals surface area contributed by atoms with Gasteiger partial charge in [-0.25, -0.2) is 0 Å². The molecule has 0 fully saturated rings. The van der Waals surface area contributed by atoms with Crippen LogP contribution >= 0.6 is 11.6 Å². The van der Waals surface area contributed by atoms with Crippen LogP contribution in [0.5, 0.6) is 0 Å². The molecule has 2 rings (SSSR count). The monoisotopic (exact) mass is 268 g/mol. The molecule has 0 saturated heterocycles. The first-order chi connectivity index (χ1) is 9.20. The molecule has 0 aromatic heterocycles. The summed E-state index contributed by atoms with van der Waals surface area (Å²) in [5.74, 6) is 0. The third-order valence-electron chi connectivity index (χ3n) is 2.77. The lowest BCUT2D eigenvalue weighted by Crippen LogP contribution is -2.03. The van der Waals surface area contributed by atoms with Crippen molar-refractivity contribution in [1.29, 1.82) is 5.26 Å². The minimum Gasteiger partial charge on any atom is -0.380 e. The largest absolute Gasteiger partial charge is 0.380 e. The Hall–Kier alpha value is -2.24. The zero-order valence-corrected chi connectivity index (χ0v) is 11.1. The Bertz CT molecular complexity index is 627. The average Bonchev–Trinajstić information content (AvgIpc) is 2.46. The molecule has 0 atom stereocenters. The summed E-state index contributed by atoms with van der Waals surface area (Å²) in [5.41, 5.74) is 3.44. The normalized spacial score (nSPS) is 9.68. The molecular formula is C16H13ClN2. The first kappa shape index (κ1) is 13.2. The lowest BCUT2D eigenvalue weighted by atomic mass is 10.1. The molecule has 3 heteroatoms. The summed E-state index contributed by atoms with van der Waals surface area (Å²) in [7, 11) is 0. The zero-order valence-electron chi connectivity index (χ0n) is 10.4. The topological polar surface area (TPSA) is 35.8 Å². The quantitative estimate of drug-likeness (QED) is 0.895. The van der Waals surface area contributed by atoms with Crippen LogP contribution in [0.1, 0.15) is 11.1 Å². The molecule has 2 aromatic carbocycles. The molecule has 2 aromatic rings. The van der Waals surface area contributed by atoms with Crippen LogP contribution in [0.4, 0.5) is 5.69 Å². The van der Waals surface area contributed by atoms with Crippen molar-refractivity contribution in [3.63, 3.8) is 0 Å². The summed E-state index contributed by atoms with van der Waals surface area (Å²) in [4.78, 5) is 0. The Labute approximate surface area is 118 Å². The maximum Gasteiger partial charge on any atom is 0.0992 e. The van der Waals surface area contributed by atoms with E-state index in [2.05, 4.69) is 18.0 Å². The Morgan fingerprint density at radius 3 is 2.58 bits per heavy atom. The maximum atomic E-state index is 8.78. The van der Waals surface area contributed by atoms with E-state index in [9.17, 15) is 0 Å². The number of benzene rings is 2. The first-order valence-corrected chi connectivity index (χ1v) is 6.25. The summed E-state index contributed by atoms with van der Waals surface area (Å²) in [5, 5.41) is 12.5. The van der Waals surface area contributed by atoms with E-state index in [1.165, 1.54) is 0 Å². The number of nitrogens with one attached hydrogen (secondary N) is 1. The highest BCUT2D eigenvalue weighted by molar-refractivity contribution is 6.33. The van der Waals surface area contributed by atoms with E-state index in [4.69, 9.17) is 16.9 Å². The van der Waals surface area contributed by atoms with E-state index in [1.807, 2.05) is 30.3 Å². The third kappa shape index (κ3) is 3.37. The fraction of sp³-hybridized carbons (Fsp3) is 0.0625. The predicted molar refractivity (Wildman–Crippen MR) is 80.1 cm³/mol. The molecule has 0 saturated carbocycles. The van der Waals surface area contributed by atoms with Crippen LogP contribution in [0.25, 0.3) is 5.57 Å². The van der Waals surface area contributed by atoms with Gasteiger partial charge in [0.25, 0.3) is 0 Å². The second-order valence-corrected chi connectivity index (χ2v) is 4.54. The van der Waals surface area contributed by atoms with Crippen molar-refractivity contribution in [3.8, 4) is 6.07 Å². The van der Waals surface area contributed by atoms with Gasteiger partial charge in [0.15, 0.2) is 0 Å². The van der Waals surface area contributed by atoms with Gasteiger partial charge in [-0.2, -0.15) is 5.26 Å². The van der Waals surface area contributed by atoms with Crippen molar-refractivity contribution >= 4 is 22.9 Å². The van der Waals surface area contributed by atoms with Gasteiger partial charge in [0, 0.05) is 6.54 Å². The number of halogens is 1. The van der Waals surface area contributed by atoms with E-state index in [-0.39, 0.29) is 0 Å². The Morgan fingerprint density at radius 1 is 1.21 bits per heavy atom. The Morgan fingerprint density at radius 2 is 1.95 bits per heavy atom. The van der Waals surface area contributed by atoms with Crippen molar-refractivity contribution in [2.24, 2.45) is 0 Å². The molecule has 0 heterocycles. The van der Waals surface area contributed by atoms with Gasteiger partial charge in [0.05, 0.1) is 22.3 Å². The molecule has 0 radical (unpaired) electrons. The fourth-order valence-electron chi connectivity index (χ4n) is 1.71. The second-order valence-electron chi connectivity index (χ2n) is 4.13. The van der Waals surface area contributed by atoms with Crippen LogP contribution in [0, 0.1) is 11.3 Å². The SMILES string of the molecule is C=C(CNc1ccc(C#N)cc1Cl)c1ccccc1. The highest BCUT2D eigenvalue weighted by Gasteiger charge is 2.03. The summed E-state index contributed by atoms with van der Waals surface area (Å²) < 4.78 is 0. The number of hydrogen-bond donors (Lipinski definition) is 1. The van der Waals surface area contributed by atoms with Gasteiger partial charge in [0.1, 0.15) is 0 Å². The third-order valence-corrected chi connectivity index (χ3v) is 3.09. The molecule has 0 amide bonds. The molecule has 2 nitrogen and oxygen atoms in total. The predicted octanol–water partition coefficient (Wildman–Crippen LogP) is 4.34. The number of nitrogens with zero attached hydrogens (tertiary/aromatic N) is 1. The van der Waals surface area contributed by atoms with E-state index in [0.29, 0.717) is 17.1 Å². The van der Waals surface area contributed by atoms with E-state index in [0.717, 1.165) is 16.8 Å². The minimum absolute atomic E-state index is 0.542. The molecule has 19 heavy (non-hydrogen) atoms. The molecule has 0 aliphatic heterocycles. The summed E-state index contributed by atoms with van der Waals surface area (Å²) in [6.07, 6.45) is 0. The van der Waals surface area contributed by atoms with E-state index >= 15 is 0 Å². The Balaban J connectivity index is 2.04. The van der Waals surface area contributed by atoms with Gasteiger partial charge in [-0.15, -0.1) is 0 Å². The lowest BCUT2D eigenvalue weighted by Gasteiger charge is -2.10. The van der Waals surface area contributed by atoms with Crippen LogP contribution in [0.15, 0.2) is 55.1 Å². The Kier molecular flexibility index (Phi) is 4.22.